The third-order valence-corrected chi connectivity index (χ3v) is 2.79. The van der Waals surface area contributed by atoms with E-state index >= 15 is 0 Å². The number of rotatable bonds is 4. The summed E-state index contributed by atoms with van der Waals surface area (Å²) in [5.74, 6) is 0. The van der Waals surface area contributed by atoms with E-state index in [4.69, 9.17) is 21.0 Å². The van der Waals surface area contributed by atoms with Gasteiger partial charge >= 0.3 is 0 Å². The molecular formula is C13H16N2O3. The zero-order valence-corrected chi connectivity index (χ0v) is 9.84. The molecule has 6 N–H and O–H groups in total. The highest BCUT2D eigenvalue weighted by atomic mass is 16.3. The van der Waals surface area contributed by atoms with Crippen LogP contribution in [-0.4, -0.2) is 22.9 Å². The number of aliphatic hydroxyl groups excluding tert-OH is 2. The number of furan rings is 1. The zero-order chi connectivity index (χ0) is 13.1. The van der Waals surface area contributed by atoms with Crippen LogP contribution in [0.15, 0.2) is 35.1 Å². The van der Waals surface area contributed by atoms with E-state index < -0.39 is 6.10 Å². The molecule has 1 heterocycles. The molecule has 0 radical (unpaired) electrons. The van der Waals surface area contributed by atoms with Crippen molar-refractivity contribution in [3.63, 3.8) is 0 Å². The molecule has 0 fully saturated rings. The normalized spacial score (nSPS) is 12.6. The van der Waals surface area contributed by atoms with Crippen LogP contribution in [0.5, 0.6) is 0 Å². The van der Waals surface area contributed by atoms with E-state index in [-0.39, 0.29) is 6.61 Å². The molecule has 18 heavy (non-hydrogen) atoms. The number of anilines is 2. The smallest absolute Gasteiger partial charge is 0.0981 e. The molecule has 0 aliphatic rings. The molecule has 0 spiro atoms. The van der Waals surface area contributed by atoms with Gasteiger partial charge in [0.25, 0.3) is 0 Å². The zero-order valence-electron chi connectivity index (χ0n) is 9.84. The maximum absolute atomic E-state index is 9.45. The van der Waals surface area contributed by atoms with Gasteiger partial charge in [0.15, 0.2) is 0 Å². The fourth-order valence-corrected chi connectivity index (χ4v) is 1.85. The van der Waals surface area contributed by atoms with Gasteiger partial charge in [-0.3, -0.25) is 0 Å². The Morgan fingerprint density at radius 2 is 2.06 bits per heavy atom. The van der Waals surface area contributed by atoms with Gasteiger partial charge in [-0.15, -0.1) is 0 Å². The van der Waals surface area contributed by atoms with Crippen molar-refractivity contribution in [3.8, 4) is 11.1 Å². The fourth-order valence-electron chi connectivity index (χ4n) is 1.85. The van der Waals surface area contributed by atoms with Crippen LogP contribution >= 0.6 is 0 Å². The maximum atomic E-state index is 9.45. The topological polar surface area (TPSA) is 106 Å². The SMILES string of the molecule is Nc1cc(CC(O)CO)cc(-c2ccoc2)c1N. The highest BCUT2D eigenvalue weighted by Crippen LogP contribution is 2.32. The van der Waals surface area contributed by atoms with Gasteiger partial charge in [-0.25, -0.2) is 0 Å². The first-order chi connectivity index (χ1) is 8.61. The second-order valence-corrected chi connectivity index (χ2v) is 4.20. The van der Waals surface area contributed by atoms with Crippen molar-refractivity contribution in [2.75, 3.05) is 18.1 Å². The first-order valence-corrected chi connectivity index (χ1v) is 5.61. The summed E-state index contributed by atoms with van der Waals surface area (Å²) >= 11 is 0. The molecule has 96 valence electrons. The summed E-state index contributed by atoms with van der Waals surface area (Å²) in [7, 11) is 0. The van der Waals surface area contributed by atoms with Crippen LogP contribution in [0.2, 0.25) is 0 Å². The molecule has 5 heteroatoms. The molecule has 2 aromatic rings. The third kappa shape index (κ3) is 2.47. The Bertz CT molecular complexity index is 523. The molecule has 2 rings (SSSR count). The third-order valence-electron chi connectivity index (χ3n) is 2.79. The summed E-state index contributed by atoms with van der Waals surface area (Å²) in [5.41, 5.74) is 15.1. The minimum absolute atomic E-state index is 0.286. The van der Waals surface area contributed by atoms with Gasteiger partial charge in [-0.05, 0) is 23.8 Å². The lowest BCUT2D eigenvalue weighted by Gasteiger charge is -2.12. The number of benzene rings is 1. The van der Waals surface area contributed by atoms with E-state index in [2.05, 4.69) is 0 Å². The number of hydrogen-bond acceptors (Lipinski definition) is 5. The van der Waals surface area contributed by atoms with E-state index in [1.807, 2.05) is 6.07 Å². The predicted octanol–water partition coefficient (Wildman–Crippen LogP) is 1.01. The van der Waals surface area contributed by atoms with Crippen molar-refractivity contribution >= 4 is 11.4 Å². The van der Waals surface area contributed by atoms with Crippen LogP contribution in [0.4, 0.5) is 11.4 Å². The second-order valence-electron chi connectivity index (χ2n) is 4.20. The summed E-state index contributed by atoms with van der Waals surface area (Å²) in [6, 6.07) is 5.34. The predicted molar refractivity (Wildman–Crippen MR) is 69.8 cm³/mol. The summed E-state index contributed by atoms with van der Waals surface area (Å²) < 4.78 is 5.02. The molecule has 0 aliphatic carbocycles. The highest BCUT2D eigenvalue weighted by molar-refractivity contribution is 5.84. The fraction of sp³-hybridized carbons (Fsp3) is 0.231. The standard InChI is InChI=1S/C13H16N2O3/c14-12-5-8(3-10(17)6-16)4-11(13(12)15)9-1-2-18-7-9/h1-2,4-5,7,10,16-17H,3,6,14-15H2. The lowest BCUT2D eigenvalue weighted by Crippen LogP contribution is -2.15. The molecule has 0 amide bonds. The van der Waals surface area contributed by atoms with Crippen molar-refractivity contribution in [1.29, 1.82) is 0 Å². The van der Waals surface area contributed by atoms with Gasteiger partial charge in [0.05, 0.1) is 36.6 Å². The molecule has 0 saturated carbocycles. The quantitative estimate of drug-likeness (QED) is 0.604. The Morgan fingerprint density at radius 3 is 2.67 bits per heavy atom. The maximum Gasteiger partial charge on any atom is 0.0981 e. The van der Waals surface area contributed by atoms with Gasteiger partial charge in [0.1, 0.15) is 0 Å². The number of aliphatic hydroxyl groups is 2. The summed E-state index contributed by atoms with van der Waals surface area (Å²) in [6.45, 7) is -0.286. The Balaban J connectivity index is 2.40. The molecule has 1 aromatic carbocycles. The van der Waals surface area contributed by atoms with Crippen LogP contribution in [-0.2, 0) is 6.42 Å². The van der Waals surface area contributed by atoms with Crippen LogP contribution in [0.3, 0.4) is 0 Å². The van der Waals surface area contributed by atoms with Gasteiger partial charge in [0.2, 0.25) is 0 Å². The van der Waals surface area contributed by atoms with Crippen LogP contribution < -0.4 is 11.5 Å². The first kappa shape index (κ1) is 12.5. The molecule has 1 aromatic heterocycles. The first-order valence-electron chi connectivity index (χ1n) is 5.61. The molecule has 5 nitrogen and oxygen atoms in total. The van der Waals surface area contributed by atoms with Crippen LogP contribution in [0, 0.1) is 0 Å². The Morgan fingerprint density at radius 1 is 1.28 bits per heavy atom. The van der Waals surface area contributed by atoms with E-state index in [1.165, 1.54) is 0 Å². The van der Waals surface area contributed by atoms with E-state index in [1.54, 1.807) is 24.7 Å². The van der Waals surface area contributed by atoms with Crippen molar-refractivity contribution in [3.05, 3.63) is 36.3 Å². The van der Waals surface area contributed by atoms with Crippen molar-refractivity contribution in [1.82, 2.24) is 0 Å². The highest BCUT2D eigenvalue weighted by Gasteiger charge is 2.11. The van der Waals surface area contributed by atoms with Gasteiger partial charge in [-0.1, -0.05) is 0 Å². The minimum Gasteiger partial charge on any atom is -0.472 e. The Kier molecular flexibility index (Phi) is 3.55. The van der Waals surface area contributed by atoms with Crippen molar-refractivity contribution < 1.29 is 14.6 Å². The monoisotopic (exact) mass is 248 g/mol. The summed E-state index contributed by atoms with van der Waals surface area (Å²) in [4.78, 5) is 0. The largest absolute Gasteiger partial charge is 0.472 e. The average molecular weight is 248 g/mol. The van der Waals surface area contributed by atoms with E-state index in [9.17, 15) is 5.11 Å². The second kappa shape index (κ2) is 5.12. The van der Waals surface area contributed by atoms with Crippen molar-refractivity contribution in [2.24, 2.45) is 0 Å². The Labute approximate surface area is 105 Å². The number of hydrogen-bond donors (Lipinski definition) is 4. The summed E-state index contributed by atoms with van der Waals surface area (Å²) in [5, 5.41) is 18.3. The minimum atomic E-state index is -0.801. The van der Waals surface area contributed by atoms with E-state index in [0.717, 1.165) is 16.7 Å². The molecule has 0 bridgehead atoms. The molecule has 1 unspecified atom stereocenters. The number of nitrogen functional groups attached to an aromatic ring is 2. The Hall–Kier alpha value is -1.98. The van der Waals surface area contributed by atoms with Gasteiger partial charge in [0, 0.05) is 17.5 Å². The molecule has 0 saturated heterocycles. The van der Waals surface area contributed by atoms with Gasteiger partial charge in [-0.2, -0.15) is 0 Å². The average Bonchev–Trinajstić information content (AvgIpc) is 2.87. The lowest BCUT2D eigenvalue weighted by molar-refractivity contribution is 0.0955. The lowest BCUT2D eigenvalue weighted by atomic mass is 9.99. The number of nitrogens with two attached hydrogens (primary N) is 2. The molecule has 1 atom stereocenters. The summed E-state index contributed by atoms with van der Waals surface area (Å²) in [6.07, 6.45) is 2.66. The van der Waals surface area contributed by atoms with Crippen molar-refractivity contribution in [2.45, 2.75) is 12.5 Å². The van der Waals surface area contributed by atoms with Gasteiger partial charge < -0.3 is 26.1 Å². The molecular weight excluding hydrogens is 232 g/mol. The van der Waals surface area contributed by atoms with Crippen LogP contribution in [0.1, 0.15) is 5.56 Å². The van der Waals surface area contributed by atoms with Crippen LogP contribution in [0.25, 0.3) is 11.1 Å². The van der Waals surface area contributed by atoms with E-state index in [0.29, 0.717) is 17.8 Å². The molecule has 0 aliphatic heterocycles.